The monoisotopic (exact) mass is 353 g/mol. The van der Waals surface area contributed by atoms with E-state index in [-0.39, 0.29) is 6.42 Å². The van der Waals surface area contributed by atoms with E-state index in [1.165, 1.54) is 6.21 Å². The van der Waals surface area contributed by atoms with E-state index in [0.29, 0.717) is 23.6 Å². The molecule has 0 aliphatic rings. The number of hydrogen-bond donors (Lipinski definition) is 4. The summed E-state index contributed by atoms with van der Waals surface area (Å²) in [5.41, 5.74) is 12.2. The summed E-state index contributed by atoms with van der Waals surface area (Å²) < 4.78 is 0. The summed E-state index contributed by atoms with van der Waals surface area (Å²) in [6.45, 7) is 7.15. The lowest BCUT2D eigenvalue weighted by Crippen LogP contribution is -2.10. The molecule has 0 saturated heterocycles. The Morgan fingerprint density at radius 3 is 2.65 bits per heavy atom. The highest BCUT2D eigenvalue weighted by atomic mass is 16.4. The molecule has 5 nitrogen and oxygen atoms in total. The van der Waals surface area contributed by atoms with E-state index in [4.69, 9.17) is 16.2 Å². The molecule has 0 aliphatic carbocycles. The number of carboxylic acid groups (broad SMARTS) is 1. The molecule has 2 rings (SSSR count). The van der Waals surface area contributed by atoms with Gasteiger partial charge in [-0.15, -0.1) is 0 Å². The second-order valence-electron chi connectivity index (χ2n) is 6.98. The predicted molar refractivity (Wildman–Crippen MR) is 108 cm³/mol. The Morgan fingerprint density at radius 1 is 1.31 bits per heavy atom. The van der Waals surface area contributed by atoms with Gasteiger partial charge in [0.25, 0.3) is 0 Å². The normalized spacial score (nSPS) is 10.8. The van der Waals surface area contributed by atoms with Crippen molar-refractivity contribution < 1.29 is 9.90 Å². The van der Waals surface area contributed by atoms with Gasteiger partial charge in [-0.2, -0.15) is 0 Å². The van der Waals surface area contributed by atoms with Crippen LogP contribution in [0.2, 0.25) is 0 Å². The first kappa shape index (κ1) is 19.5. The van der Waals surface area contributed by atoms with Gasteiger partial charge in [0, 0.05) is 41.7 Å². The Hall–Kier alpha value is -2.82. The van der Waals surface area contributed by atoms with E-state index in [9.17, 15) is 4.79 Å². The lowest BCUT2D eigenvalue weighted by molar-refractivity contribution is -0.136. The summed E-state index contributed by atoms with van der Waals surface area (Å²) in [6, 6.07) is 9.78. The van der Waals surface area contributed by atoms with Gasteiger partial charge in [0.05, 0.1) is 0 Å². The van der Waals surface area contributed by atoms with Gasteiger partial charge in [-0.3, -0.25) is 4.79 Å². The van der Waals surface area contributed by atoms with Crippen LogP contribution < -0.4 is 11.1 Å². The zero-order valence-electron chi connectivity index (χ0n) is 15.6. The number of anilines is 2. The van der Waals surface area contributed by atoms with Crippen LogP contribution in [0, 0.1) is 18.3 Å². The average Bonchev–Trinajstić information content (AvgIpc) is 2.59. The molecule has 0 saturated carbocycles. The molecule has 5 N–H and O–H groups in total. The van der Waals surface area contributed by atoms with Gasteiger partial charge in [0.2, 0.25) is 0 Å². The lowest BCUT2D eigenvalue weighted by atomic mass is 9.94. The SMILES string of the molecule is Cc1cc(NCC(C)C)c(-c2ccc(N)c(C=N)c2)cc1CCC(=O)O. The number of aryl methyl sites for hydroxylation is 2. The number of nitrogens with two attached hydrogens (primary N) is 1. The van der Waals surface area contributed by atoms with Crippen LogP contribution in [0.15, 0.2) is 30.3 Å². The average molecular weight is 353 g/mol. The van der Waals surface area contributed by atoms with Gasteiger partial charge in [0.1, 0.15) is 0 Å². The second kappa shape index (κ2) is 8.52. The third-order valence-corrected chi connectivity index (χ3v) is 4.34. The summed E-state index contributed by atoms with van der Waals surface area (Å²) in [5, 5.41) is 20.0. The maximum Gasteiger partial charge on any atom is 0.303 e. The minimum absolute atomic E-state index is 0.104. The summed E-state index contributed by atoms with van der Waals surface area (Å²) in [6.07, 6.45) is 1.84. The van der Waals surface area contributed by atoms with Gasteiger partial charge >= 0.3 is 5.97 Å². The molecule has 0 aliphatic heterocycles. The number of nitrogens with one attached hydrogen (secondary N) is 2. The van der Waals surface area contributed by atoms with E-state index >= 15 is 0 Å². The van der Waals surface area contributed by atoms with Gasteiger partial charge in [-0.25, -0.2) is 0 Å². The maximum atomic E-state index is 11.0. The number of rotatable bonds is 8. The zero-order valence-corrected chi connectivity index (χ0v) is 15.6. The first-order valence-electron chi connectivity index (χ1n) is 8.81. The van der Waals surface area contributed by atoms with E-state index in [0.717, 1.165) is 34.5 Å². The topological polar surface area (TPSA) is 99.2 Å². The third kappa shape index (κ3) is 4.85. The third-order valence-electron chi connectivity index (χ3n) is 4.34. The minimum Gasteiger partial charge on any atom is -0.481 e. The highest BCUT2D eigenvalue weighted by molar-refractivity contribution is 5.89. The Bertz CT molecular complexity index is 813. The van der Waals surface area contributed by atoms with Gasteiger partial charge in [-0.05, 0) is 60.2 Å². The molecular weight excluding hydrogens is 326 g/mol. The van der Waals surface area contributed by atoms with Crippen LogP contribution in [0.4, 0.5) is 11.4 Å². The summed E-state index contributed by atoms with van der Waals surface area (Å²) in [7, 11) is 0. The van der Waals surface area contributed by atoms with E-state index in [2.05, 4.69) is 31.3 Å². The van der Waals surface area contributed by atoms with Gasteiger partial charge in [-0.1, -0.05) is 19.9 Å². The van der Waals surface area contributed by atoms with Crippen molar-refractivity contribution in [2.45, 2.75) is 33.6 Å². The Labute approximate surface area is 154 Å². The van der Waals surface area contributed by atoms with Crippen molar-refractivity contribution in [3.63, 3.8) is 0 Å². The molecular formula is C21H27N3O2. The molecule has 0 spiro atoms. The largest absolute Gasteiger partial charge is 0.481 e. The van der Waals surface area contributed by atoms with Crippen molar-refractivity contribution >= 4 is 23.6 Å². The zero-order chi connectivity index (χ0) is 19.3. The van der Waals surface area contributed by atoms with Crippen LogP contribution in [-0.4, -0.2) is 23.8 Å². The Kier molecular flexibility index (Phi) is 6.39. The molecule has 2 aromatic rings. The number of carboxylic acids is 1. The second-order valence-corrected chi connectivity index (χ2v) is 6.98. The molecule has 0 amide bonds. The van der Waals surface area contributed by atoms with Crippen LogP contribution >= 0.6 is 0 Å². The Balaban J connectivity index is 2.52. The molecule has 2 aromatic carbocycles. The van der Waals surface area contributed by atoms with Crippen LogP contribution in [0.1, 0.15) is 37.0 Å². The van der Waals surface area contributed by atoms with Crippen molar-refractivity contribution in [2.24, 2.45) is 5.92 Å². The lowest BCUT2D eigenvalue weighted by Gasteiger charge is -2.18. The molecule has 0 unspecified atom stereocenters. The van der Waals surface area contributed by atoms with Crippen molar-refractivity contribution in [1.29, 1.82) is 5.41 Å². The fourth-order valence-corrected chi connectivity index (χ4v) is 2.83. The molecule has 0 heterocycles. The molecule has 0 atom stereocenters. The molecule has 0 fully saturated rings. The summed E-state index contributed by atoms with van der Waals surface area (Å²) in [4.78, 5) is 11.0. The van der Waals surface area contributed by atoms with Gasteiger partial charge < -0.3 is 21.6 Å². The van der Waals surface area contributed by atoms with E-state index in [1.807, 2.05) is 19.1 Å². The van der Waals surface area contributed by atoms with Gasteiger partial charge in [0.15, 0.2) is 0 Å². The van der Waals surface area contributed by atoms with Crippen molar-refractivity contribution in [2.75, 3.05) is 17.6 Å². The molecule has 0 radical (unpaired) electrons. The highest BCUT2D eigenvalue weighted by Crippen LogP contribution is 2.33. The molecule has 138 valence electrons. The van der Waals surface area contributed by atoms with Crippen LogP contribution in [-0.2, 0) is 11.2 Å². The van der Waals surface area contributed by atoms with Crippen molar-refractivity contribution in [3.05, 3.63) is 47.0 Å². The standard InChI is InChI=1S/C21H27N3O2/c1-13(2)12-24-20-8-14(3)15(5-7-21(25)26)10-18(20)16-4-6-19(23)17(9-16)11-22/h4,6,8-11,13,22,24H,5,7,12,23H2,1-3H3,(H,25,26). The molecule has 0 aromatic heterocycles. The number of hydrogen-bond acceptors (Lipinski definition) is 4. The number of benzene rings is 2. The summed E-state index contributed by atoms with van der Waals surface area (Å²) in [5.74, 6) is -0.301. The quantitative estimate of drug-likeness (QED) is 0.419. The fourth-order valence-electron chi connectivity index (χ4n) is 2.83. The number of aliphatic carboxylic acids is 1. The van der Waals surface area contributed by atoms with Crippen LogP contribution in [0.3, 0.4) is 0 Å². The maximum absolute atomic E-state index is 11.0. The van der Waals surface area contributed by atoms with E-state index in [1.54, 1.807) is 6.07 Å². The molecule has 26 heavy (non-hydrogen) atoms. The predicted octanol–water partition coefficient (Wildman–Crippen LogP) is 4.33. The smallest absolute Gasteiger partial charge is 0.303 e. The summed E-state index contributed by atoms with van der Waals surface area (Å²) >= 11 is 0. The van der Waals surface area contributed by atoms with Crippen LogP contribution in [0.5, 0.6) is 0 Å². The van der Waals surface area contributed by atoms with Crippen molar-refractivity contribution in [1.82, 2.24) is 0 Å². The molecule has 0 bridgehead atoms. The highest BCUT2D eigenvalue weighted by Gasteiger charge is 2.12. The first-order valence-corrected chi connectivity index (χ1v) is 8.81. The number of carbonyl (C=O) groups is 1. The molecule has 5 heteroatoms. The van der Waals surface area contributed by atoms with Crippen molar-refractivity contribution in [3.8, 4) is 11.1 Å². The Morgan fingerprint density at radius 2 is 2.04 bits per heavy atom. The van der Waals surface area contributed by atoms with Crippen LogP contribution in [0.25, 0.3) is 11.1 Å². The minimum atomic E-state index is -0.800. The fraction of sp³-hybridized carbons (Fsp3) is 0.333. The number of nitrogen functional groups attached to an aromatic ring is 1. The first-order chi connectivity index (χ1) is 12.3. The van der Waals surface area contributed by atoms with E-state index < -0.39 is 5.97 Å².